The standard InChI is InChI=1S/C9H13IN4/c1-4-5(10)6(11)7(12)9(14-3)8(4)13-2/h14H,2,11-12H2,1,3H3. The van der Waals surface area contributed by atoms with Crippen LogP contribution in [0, 0.1) is 10.5 Å². The summed E-state index contributed by atoms with van der Waals surface area (Å²) in [7, 11) is 1.78. The summed E-state index contributed by atoms with van der Waals surface area (Å²) in [5, 5.41) is 2.98. The minimum atomic E-state index is 0.532. The molecule has 0 aliphatic rings. The molecule has 0 spiro atoms. The zero-order valence-corrected chi connectivity index (χ0v) is 10.3. The molecule has 1 aromatic carbocycles. The number of benzene rings is 1. The SMILES string of the molecule is C=Nc1c(C)c(I)c(N)c(N)c1NC. The summed E-state index contributed by atoms with van der Waals surface area (Å²) in [4.78, 5) is 3.95. The van der Waals surface area contributed by atoms with Gasteiger partial charge in [-0.1, -0.05) is 0 Å². The number of rotatable bonds is 2. The van der Waals surface area contributed by atoms with Crippen LogP contribution >= 0.6 is 22.6 Å². The van der Waals surface area contributed by atoms with E-state index in [9.17, 15) is 0 Å². The van der Waals surface area contributed by atoms with Gasteiger partial charge in [0.25, 0.3) is 0 Å². The van der Waals surface area contributed by atoms with Crippen molar-refractivity contribution in [1.82, 2.24) is 0 Å². The van der Waals surface area contributed by atoms with Gasteiger partial charge in [0.1, 0.15) is 0 Å². The van der Waals surface area contributed by atoms with Crippen molar-refractivity contribution in [2.24, 2.45) is 4.99 Å². The molecule has 0 aliphatic carbocycles. The van der Waals surface area contributed by atoms with E-state index in [0.29, 0.717) is 11.4 Å². The molecular formula is C9H13IN4. The third kappa shape index (κ3) is 1.52. The Morgan fingerprint density at radius 3 is 2.36 bits per heavy atom. The first kappa shape index (κ1) is 11.1. The van der Waals surface area contributed by atoms with Gasteiger partial charge < -0.3 is 16.8 Å². The molecule has 1 aromatic rings. The van der Waals surface area contributed by atoms with Crippen LogP contribution in [0.15, 0.2) is 4.99 Å². The molecule has 4 nitrogen and oxygen atoms in total. The molecule has 0 aliphatic heterocycles. The molecule has 0 fully saturated rings. The molecule has 0 saturated carbocycles. The zero-order chi connectivity index (χ0) is 10.9. The predicted molar refractivity (Wildman–Crippen MR) is 71.5 cm³/mol. The molecule has 0 radical (unpaired) electrons. The summed E-state index contributed by atoms with van der Waals surface area (Å²) in [5.41, 5.74) is 15.3. The number of anilines is 3. The molecule has 0 amide bonds. The van der Waals surface area contributed by atoms with Gasteiger partial charge in [0, 0.05) is 10.6 Å². The number of hydrogen-bond donors (Lipinski definition) is 3. The molecule has 0 saturated heterocycles. The zero-order valence-electron chi connectivity index (χ0n) is 8.19. The van der Waals surface area contributed by atoms with Crippen LogP contribution in [0.3, 0.4) is 0 Å². The molecule has 0 heterocycles. The molecule has 5 N–H and O–H groups in total. The Hall–Kier alpha value is -0.980. The van der Waals surface area contributed by atoms with Gasteiger partial charge in [0.2, 0.25) is 0 Å². The van der Waals surface area contributed by atoms with E-state index >= 15 is 0 Å². The summed E-state index contributed by atoms with van der Waals surface area (Å²) >= 11 is 2.16. The fourth-order valence-corrected chi connectivity index (χ4v) is 1.87. The van der Waals surface area contributed by atoms with E-state index in [1.807, 2.05) is 6.92 Å². The van der Waals surface area contributed by atoms with E-state index in [4.69, 9.17) is 11.5 Å². The van der Waals surface area contributed by atoms with Crippen molar-refractivity contribution in [2.45, 2.75) is 6.92 Å². The van der Waals surface area contributed by atoms with E-state index in [-0.39, 0.29) is 0 Å². The Morgan fingerprint density at radius 1 is 1.36 bits per heavy atom. The lowest BCUT2D eigenvalue weighted by Crippen LogP contribution is -2.04. The maximum absolute atomic E-state index is 5.86. The molecule has 0 aromatic heterocycles. The van der Waals surface area contributed by atoms with Crippen molar-refractivity contribution in [3.8, 4) is 0 Å². The third-order valence-electron chi connectivity index (χ3n) is 2.13. The maximum atomic E-state index is 5.86. The number of hydrogen-bond acceptors (Lipinski definition) is 4. The maximum Gasteiger partial charge on any atom is 0.0916 e. The van der Waals surface area contributed by atoms with E-state index in [2.05, 4.69) is 39.6 Å². The second-order valence-electron chi connectivity index (χ2n) is 2.90. The van der Waals surface area contributed by atoms with Crippen LogP contribution in [-0.4, -0.2) is 13.8 Å². The van der Waals surface area contributed by atoms with Crippen LogP contribution in [0.4, 0.5) is 22.7 Å². The summed E-state index contributed by atoms with van der Waals surface area (Å²) in [6.07, 6.45) is 0. The Bertz CT molecular complexity index is 387. The summed E-state index contributed by atoms with van der Waals surface area (Å²) < 4.78 is 0.932. The summed E-state index contributed by atoms with van der Waals surface area (Å²) in [6, 6.07) is 0. The van der Waals surface area contributed by atoms with Crippen molar-refractivity contribution < 1.29 is 0 Å². The molecule has 14 heavy (non-hydrogen) atoms. The van der Waals surface area contributed by atoms with E-state index in [0.717, 1.165) is 20.5 Å². The smallest absolute Gasteiger partial charge is 0.0916 e. The quantitative estimate of drug-likeness (QED) is 0.445. The highest BCUT2D eigenvalue weighted by Crippen LogP contribution is 2.41. The number of nitrogens with one attached hydrogen (secondary N) is 1. The van der Waals surface area contributed by atoms with E-state index in [1.54, 1.807) is 7.05 Å². The van der Waals surface area contributed by atoms with Gasteiger partial charge in [-0.25, -0.2) is 0 Å². The van der Waals surface area contributed by atoms with Gasteiger partial charge >= 0.3 is 0 Å². The van der Waals surface area contributed by atoms with Gasteiger partial charge in [-0.05, 0) is 41.8 Å². The fourth-order valence-electron chi connectivity index (χ4n) is 1.32. The number of nitrogens with two attached hydrogens (primary N) is 2. The van der Waals surface area contributed by atoms with Crippen LogP contribution < -0.4 is 16.8 Å². The number of nitrogen functional groups attached to an aromatic ring is 2. The molecule has 76 valence electrons. The summed E-state index contributed by atoms with van der Waals surface area (Å²) in [5.74, 6) is 0. The van der Waals surface area contributed by atoms with Crippen LogP contribution in [-0.2, 0) is 0 Å². The minimum Gasteiger partial charge on any atom is -0.396 e. The van der Waals surface area contributed by atoms with Crippen molar-refractivity contribution >= 4 is 52.1 Å². The first-order valence-electron chi connectivity index (χ1n) is 4.06. The second-order valence-corrected chi connectivity index (χ2v) is 3.98. The van der Waals surface area contributed by atoms with Crippen LogP contribution in [0.25, 0.3) is 0 Å². The van der Waals surface area contributed by atoms with Gasteiger partial charge in [-0.3, -0.25) is 4.99 Å². The second kappa shape index (κ2) is 4.04. The first-order chi connectivity index (χ1) is 6.54. The topological polar surface area (TPSA) is 76.4 Å². The molecular weight excluding hydrogens is 291 g/mol. The lowest BCUT2D eigenvalue weighted by atomic mass is 10.1. The van der Waals surface area contributed by atoms with Crippen molar-refractivity contribution in [3.05, 3.63) is 9.13 Å². The van der Waals surface area contributed by atoms with Crippen molar-refractivity contribution in [2.75, 3.05) is 23.8 Å². The molecule has 0 unspecified atom stereocenters. The Labute approximate surface area is 96.9 Å². The van der Waals surface area contributed by atoms with Crippen LogP contribution in [0.2, 0.25) is 0 Å². The van der Waals surface area contributed by atoms with Crippen molar-refractivity contribution in [3.63, 3.8) is 0 Å². The molecule has 1 rings (SSSR count). The first-order valence-corrected chi connectivity index (χ1v) is 5.13. The van der Waals surface area contributed by atoms with Crippen molar-refractivity contribution in [1.29, 1.82) is 0 Å². The monoisotopic (exact) mass is 304 g/mol. The number of aliphatic imine (C=N–C) groups is 1. The third-order valence-corrected chi connectivity index (χ3v) is 3.52. The fraction of sp³-hybridized carbons (Fsp3) is 0.222. The Balaban J connectivity index is 3.65. The number of nitrogens with zero attached hydrogens (tertiary/aromatic N) is 1. The Kier molecular flexibility index (Phi) is 3.20. The normalized spacial score (nSPS) is 9.93. The highest BCUT2D eigenvalue weighted by atomic mass is 127. The number of halogens is 1. The van der Waals surface area contributed by atoms with Gasteiger partial charge in [-0.15, -0.1) is 0 Å². The molecule has 0 bridgehead atoms. The van der Waals surface area contributed by atoms with E-state index in [1.165, 1.54) is 0 Å². The Morgan fingerprint density at radius 2 is 1.93 bits per heavy atom. The van der Waals surface area contributed by atoms with Crippen LogP contribution in [0.5, 0.6) is 0 Å². The molecule has 0 atom stereocenters. The largest absolute Gasteiger partial charge is 0.396 e. The highest BCUT2D eigenvalue weighted by Gasteiger charge is 2.15. The van der Waals surface area contributed by atoms with Gasteiger partial charge in [0.15, 0.2) is 0 Å². The molecule has 5 heteroatoms. The lowest BCUT2D eigenvalue weighted by Gasteiger charge is -2.15. The average molecular weight is 304 g/mol. The van der Waals surface area contributed by atoms with Crippen LogP contribution in [0.1, 0.15) is 5.56 Å². The van der Waals surface area contributed by atoms with Gasteiger partial charge in [0.05, 0.1) is 22.7 Å². The van der Waals surface area contributed by atoms with E-state index < -0.39 is 0 Å². The lowest BCUT2D eigenvalue weighted by molar-refractivity contribution is 1.36. The predicted octanol–water partition coefficient (Wildman–Crippen LogP) is 2.14. The van der Waals surface area contributed by atoms with Gasteiger partial charge in [-0.2, -0.15) is 0 Å². The minimum absolute atomic E-state index is 0.532. The highest BCUT2D eigenvalue weighted by molar-refractivity contribution is 14.1. The average Bonchev–Trinajstić information content (AvgIpc) is 2.20. The summed E-state index contributed by atoms with van der Waals surface area (Å²) in [6.45, 7) is 5.47.